The molecule has 0 saturated heterocycles. The van der Waals surface area contributed by atoms with Crippen LogP contribution in [0.2, 0.25) is 0 Å². The van der Waals surface area contributed by atoms with Crippen molar-refractivity contribution in [2.75, 3.05) is 10.6 Å². The molecule has 80 valence electrons. The Hall–Kier alpha value is -2.01. The third kappa shape index (κ3) is 2.99. The molecule has 16 heavy (non-hydrogen) atoms. The number of rotatable bonds is 2. The fourth-order valence-electron chi connectivity index (χ4n) is 1.16. The minimum Gasteiger partial charge on any atom is -0.332 e. The van der Waals surface area contributed by atoms with E-state index in [9.17, 15) is 0 Å². The van der Waals surface area contributed by atoms with Crippen molar-refractivity contribution < 1.29 is 0 Å². The minimum atomic E-state index is 0.539. The third-order valence-corrected chi connectivity index (χ3v) is 2.08. The predicted molar refractivity (Wildman–Crippen MR) is 68.3 cm³/mol. The summed E-state index contributed by atoms with van der Waals surface area (Å²) >= 11 is 5.15. The molecule has 2 aromatic rings. The average Bonchev–Trinajstić information content (AvgIpc) is 2.31. The topological polar surface area (TPSA) is 49.8 Å². The number of hydrogen-bond donors (Lipinski definition) is 2. The van der Waals surface area contributed by atoms with Crippen molar-refractivity contribution in [2.24, 2.45) is 0 Å². The van der Waals surface area contributed by atoms with E-state index in [2.05, 4.69) is 20.6 Å². The van der Waals surface area contributed by atoms with E-state index in [4.69, 9.17) is 12.2 Å². The maximum Gasteiger partial charge on any atom is 0.175 e. The number of thiocarbonyl (C=S) groups is 1. The van der Waals surface area contributed by atoms with Crippen molar-refractivity contribution in [3.05, 3.63) is 49.1 Å². The zero-order valence-electron chi connectivity index (χ0n) is 8.42. The maximum atomic E-state index is 5.15. The van der Waals surface area contributed by atoms with Gasteiger partial charge >= 0.3 is 0 Å². The molecule has 0 unspecified atom stereocenters. The third-order valence-electron chi connectivity index (χ3n) is 1.88. The Balaban J connectivity index is 1.95. The molecule has 0 fully saturated rings. The van der Waals surface area contributed by atoms with Crippen LogP contribution in [0.25, 0.3) is 0 Å². The average molecular weight is 230 g/mol. The van der Waals surface area contributed by atoms with Gasteiger partial charge < -0.3 is 10.6 Å². The Bertz CT molecular complexity index is 414. The van der Waals surface area contributed by atoms with Crippen LogP contribution in [0.4, 0.5) is 11.4 Å². The molecule has 0 aliphatic carbocycles. The fourth-order valence-corrected chi connectivity index (χ4v) is 1.40. The Morgan fingerprint density at radius 3 is 1.56 bits per heavy atom. The lowest BCUT2D eigenvalue weighted by Gasteiger charge is -2.09. The van der Waals surface area contributed by atoms with Crippen LogP contribution in [0.1, 0.15) is 0 Å². The second-order valence-corrected chi connectivity index (χ2v) is 3.46. The first-order chi connectivity index (χ1) is 7.84. The molecule has 5 heteroatoms. The van der Waals surface area contributed by atoms with Gasteiger partial charge in [-0.05, 0) is 36.5 Å². The van der Waals surface area contributed by atoms with Crippen LogP contribution in [-0.2, 0) is 0 Å². The van der Waals surface area contributed by atoms with Gasteiger partial charge in [0.15, 0.2) is 5.11 Å². The summed E-state index contributed by atoms with van der Waals surface area (Å²) in [5, 5.41) is 6.64. The van der Waals surface area contributed by atoms with Crippen LogP contribution < -0.4 is 10.6 Å². The van der Waals surface area contributed by atoms with Crippen molar-refractivity contribution >= 4 is 28.7 Å². The second-order valence-electron chi connectivity index (χ2n) is 3.05. The van der Waals surface area contributed by atoms with Gasteiger partial charge in [0.05, 0.1) is 0 Å². The number of hydrogen-bond acceptors (Lipinski definition) is 3. The highest BCUT2D eigenvalue weighted by molar-refractivity contribution is 7.80. The summed E-state index contributed by atoms with van der Waals surface area (Å²) in [6, 6.07) is 7.39. The molecule has 2 aromatic heterocycles. The lowest BCUT2D eigenvalue weighted by atomic mass is 10.4. The summed E-state index contributed by atoms with van der Waals surface area (Å²) in [4.78, 5) is 7.85. The van der Waals surface area contributed by atoms with Gasteiger partial charge in [-0.15, -0.1) is 0 Å². The van der Waals surface area contributed by atoms with E-state index in [1.165, 1.54) is 0 Å². The lowest BCUT2D eigenvalue weighted by Crippen LogP contribution is -2.18. The van der Waals surface area contributed by atoms with Crippen molar-refractivity contribution in [3.63, 3.8) is 0 Å². The van der Waals surface area contributed by atoms with E-state index in [0.29, 0.717) is 5.11 Å². The van der Waals surface area contributed by atoms with Gasteiger partial charge in [-0.25, -0.2) is 0 Å². The van der Waals surface area contributed by atoms with E-state index in [0.717, 1.165) is 11.4 Å². The van der Waals surface area contributed by atoms with Gasteiger partial charge in [-0.1, -0.05) is 0 Å². The molecule has 0 aromatic carbocycles. The van der Waals surface area contributed by atoms with Crippen molar-refractivity contribution in [3.8, 4) is 0 Å². The normalized spacial score (nSPS) is 9.50. The molecule has 0 aliphatic heterocycles. The summed E-state index contributed by atoms with van der Waals surface area (Å²) in [7, 11) is 0. The maximum absolute atomic E-state index is 5.15. The zero-order chi connectivity index (χ0) is 11.2. The highest BCUT2D eigenvalue weighted by Crippen LogP contribution is 2.07. The molecule has 0 amide bonds. The lowest BCUT2D eigenvalue weighted by molar-refractivity contribution is 1.32. The predicted octanol–water partition coefficient (Wildman–Crippen LogP) is 2.29. The highest BCUT2D eigenvalue weighted by atomic mass is 32.1. The smallest absolute Gasteiger partial charge is 0.175 e. The standard InChI is InChI=1S/C11H10N4S/c16-11(14-9-1-5-12-6-2-9)15-10-3-7-13-8-4-10/h1-8H,(H2,12,13,14,15,16). The monoisotopic (exact) mass is 230 g/mol. The van der Waals surface area contributed by atoms with Gasteiger partial charge in [-0.3, -0.25) is 9.97 Å². The molecule has 4 nitrogen and oxygen atoms in total. The highest BCUT2D eigenvalue weighted by Gasteiger charge is 1.97. The molecule has 0 aliphatic rings. The molecule has 2 N–H and O–H groups in total. The van der Waals surface area contributed by atoms with Gasteiger partial charge in [0.2, 0.25) is 0 Å². The van der Waals surface area contributed by atoms with Gasteiger partial charge in [0.25, 0.3) is 0 Å². The molecule has 0 saturated carbocycles. The molecular formula is C11H10N4S. The number of aromatic nitrogens is 2. The molecule has 0 bridgehead atoms. The zero-order valence-corrected chi connectivity index (χ0v) is 9.24. The van der Waals surface area contributed by atoms with Crippen molar-refractivity contribution in [1.29, 1.82) is 0 Å². The molecule has 0 atom stereocenters. The largest absolute Gasteiger partial charge is 0.332 e. The van der Waals surface area contributed by atoms with Crippen LogP contribution in [-0.4, -0.2) is 15.1 Å². The van der Waals surface area contributed by atoms with E-state index in [-0.39, 0.29) is 0 Å². The Kier molecular flexibility index (Phi) is 3.40. The molecule has 0 radical (unpaired) electrons. The summed E-state index contributed by atoms with van der Waals surface area (Å²) in [5.41, 5.74) is 1.81. The molecule has 2 rings (SSSR count). The van der Waals surface area contributed by atoms with E-state index < -0.39 is 0 Å². The SMILES string of the molecule is S=C(Nc1ccncc1)Nc1ccncc1. The molecular weight excluding hydrogens is 220 g/mol. The first-order valence-corrected chi connectivity index (χ1v) is 5.13. The van der Waals surface area contributed by atoms with Crippen LogP contribution in [0.3, 0.4) is 0 Å². The van der Waals surface area contributed by atoms with E-state index in [1.54, 1.807) is 24.8 Å². The number of pyridine rings is 2. The minimum absolute atomic E-state index is 0.539. The molecule has 0 spiro atoms. The Labute approximate surface area is 98.8 Å². The first-order valence-electron chi connectivity index (χ1n) is 4.72. The summed E-state index contributed by atoms with van der Waals surface area (Å²) in [6.07, 6.45) is 6.82. The second kappa shape index (κ2) is 5.18. The summed E-state index contributed by atoms with van der Waals surface area (Å²) in [6.45, 7) is 0. The summed E-state index contributed by atoms with van der Waals surface area (Å²) in [5.74, 6) is 0. The van der Waals surface area contributed by atoms with Crippen molar-refractivity contribution in [2.45, 2.75) is 0 Å². The number of nitrogens with zero attached hydrogens (tertiary/aromatic N) is 2. The molecule has 2 heterocycles. The van der Waals surface area contributed by atoms with Crippen LogP contribution in [0.5, 0.6) is 0 Å². The number of anilines is 2. The van der Waals surface area contributed by atoms with Gasteiger partial charge in [-0.2, -0.15) is 0 Å². The van der Waals surface area contributed by atoms with Crippen molar-refractivity contribution in [1.82, 2.24) is 9.97 Å². The van der Waals surface area contributed by atoms with Crippen LogP contribution in [0, 0.1) is 0 Å². The Morgan fingerprint density at radius 2 is 1.19 bits per heavy atom. The summed E-state index contributed by atoms with van der Waals surface area (Å²) < 4.78 is 0. The van der Waals surface area contributed by atoms with Crippen LogP contribution >= 0.6 is 12.2 Å². The van der Waals surface area contributed by atoms with Gasteiger partial charge in [0, 0.05) is 36.2 Å². The van der Waals surface area contributed by atoms with Crippen LogP contribution in [0.15, 0.2) is 49.1 Å². The fraction of sp³-hybridized carbons (Fsp3) is 0. The van der Waals surface area contributed by atoms with E-state index >= 15 is 0 Å². The quantitative estimate of drug-likeness (QED) is 0.775. The Morgan fingerprint density at radius 1 is 0.812 bits per heavy atom. The first kappa shape index (κ1) is 10.5. The van der Waals surface area contributed by atoms with E-state index in [1.807, 2.05) is 24.3 Å². The van der Waals surface area contributed by atoms with Gasteiger partial charge in [0.1, 0.15) is 0 Å². The number of nitrogens with one attached hydrogen (secondary N) is 2.